The monoisotopic (exact) mass is 330 g/mol. The van der Waals surface area contributed by atoms with Gasteiger partial charge in [-0.25, -0.2) is 8.42 Å². The van der Waals surface area contributed by atoms with Gasteiger partial charge in [0.15, 0.2) is 15.0 Å². The van der Waals surface area contributed by atoms with Crippen molar-refractivity contribution in [2.75, 3.05) is 18.6 Å². The van der Waals surface area contributed by atoms with Gasteiger partial charge in [0.2, 0.25) is 5.91 Å². The average Bonchev–Trinajstić information content (AvgIpc) is 2.85. The Bertz CT molecular complexity index is 553. The first kappa shape index (κ1) is 15.3. The van der Waals surface area contributed by atoms with E-state index in [2.05, 4.69) is 4.99 Å². The molecule has 0 aromatic carbocycles. The highest BCUT2D eigenvalue weighted by Gasteiger charge is 2.47. The quantitative estimate of drug-likeness (QED) is 0.771. The Morgan fingerprint density at radius 3 is 2.67 bits per heavy atom. The van der Waals surface area contributed by atoms with Crippen LogP contribution in [0.4, 0.5) is 0 Å². The number of nitrogens with zero attached hydrogens (tertiary/aromatic N) is 2. The molecule has 5 nitrogen and oxygen atoms in total. The van der Waals surface area contributed by atoms with E-state index in [1.165, 1.54) is 31.0 Å². The number of amidine groups is 1. The fraction of sp³-hybridized carbons (Fsp3) is 0.857. The molecule has 0 aromatic heterocycles. The van der Waals surface area contributed by atoms with Crippen LogP contribution in [-0.2, 0) is 14.6 Å². The summed E-state index contributed by atoms with van der Waals surface area (Å²) >= 11 is 1.46. The van der Waals surface area contributed by atoms with E-state index in [1.54, 1.807) is 0 Å². The van der Waals surface area contributed by atoms with Gasteiger partial charge in [-0.15, -0.1) is 0 Å². The molecule has 1 saturated carbocycles. The third-order valence-electron chi connectivity index (χ3n) is 4.74. The second kappa shape index (κ2) is 5.91. The number of carbonyl (C=O) groups excluding carboxylic acids is 1. The normalized spacial score (nSPS) is 34.3. The second-order valence-corrected chi connectivity index (χ2v) is 9.77. The first-order chi connectivity index (χ1) is 9.94. The lowest BCUT2D eigenvalue weighted by Gasteiger charge is -2.20. The first-order valence-electron chi connectivity index (χ1n) is 7.66. The minimum atomic E-state index is -2.92. The van der Waals surface area contributed by atoms with E-state index in [0.717, 1.165) is 12.8 Å². The predicted molar refractivity (Wildman–Crippen MR) is 85.2 cm³/mol. The van der Waals surface area contributed by atoms with E-state index in [0.29, 0.717) is 17.5 Å². The molecule has 0 aromatic rings. The molecule has 1 amide bonds. The largest absolute Gasteiger partial charge is 0.349 e. The van der Waals surface area contributed by atoms with Crippen molar-refractivity contribution in [3.63, 3.8) is 0 Å². The Morgan fingerprint density at radius 2 is 2.00 bits per heavy atom. The summed E-state index contributed by atoms with van der Waals surface area (Å²) in [4.78, 5) is 18.3. The number of hydrogen-bond acceptors (Lipinski definition) is 4. The van der Waals surface area contributed by atoms with E-state index >= 15 is 0 Å². The van der Waals surface area contributed by atoms with E-state index in [9.17, 15) is 13.2 Å². The maximum absolute atomic E-state index is 12.1. The zero-order valence-corrected chi connectivity index (χ0v) is 14.0. The van der Waals surface area contributed by atoms with Gasteiger partial charge in [0.1, 0.15) is 0 Å². The van der Waals surface area contributed by atoms with Crippen molar-refractivity contribution in [1.82, 2.24) is 4.90 Å². The fourth-order valence-corrected chi connectivity index (χ4v) is 7.54. The average molecular weight is 330 g/mol. The van der Waals surface area contributed by atoms with Crippen molar-refractivity contribution in [3.8, 4) is 0 Å². The lowest BCUT2D eigenvalue weighted by Crippen LogP contribution is -2.34. The number of thioether (sulfide) groups is 1. The molecule has 2 aliphatic heterocycles. The van der Waals surface area contributed by atoms with E-state index in [4.69, 9.17) is 0 Å². The summed E-state index contributed by atoms with van der Waals surface area (Å²) in [6.45, 7) is 0. The van der Waals surface area contributed by atoms with Crippen LogP contribution in [0.25, 0.3) is 0 Å². The van der Waals surface area contributed by atoms with Crippen LogP contribution in [0.2, 0.25) is 0 Å². The molecular weight excluding hydrogens is 308 g/mol. The molecule has 2 atom stereocenters. The number of rotatable bonds is 2. The van der Waals surface area contributed by atoms with E-state index < -0.39 is 9.84 Å². The molecule has 1 aliphatic carbocycles. The van der Waals surface area contributed by atoms with E-state index in [1.807, 2.05) is 11.9 Å². The van der Waals surface area contributed by atoms with Crippen LogP contribution >= 0.6 is 11.8 Å². The highest BCUT2D eigenvalue weighted by molar-refractivity contribution is 8.15. The van der Waals surface area contributed by atoms with Gasteiger partial charge >= 0.3 is 0 Å². The molecule has 2 saturated heterocycles. The Kier molecular flexibility index (Phi) is 4.32. The highest BCUT2D eigenvalue weighted by Crippen LogP contribution is 2.37. The van der Waals surface area contributed by atoms with E-state index in [-0.39, 0.29) is 28.7 Å². The topological polar surface area (TPSA) is 66.8 Å². The number of hydrogen-bond donors (Lipinski definition) is 0. The van der Waals surface area contributed by atoms with Crippen LogP contribution in [0, 0.1) is 5.92 Å². The smallest absolute Gasteiger partial charge is 0.248 e. The molecule has 0 spiro atoms. The molecule has 0 radical (unpaired) electrons. The number of amides is 1. The Labute approximate surface area is 130 Å². The van der Waals surface area contributed by atoms with Gasteiger partial charge in [-0.3, -0.25) is 4.79 Å². The molecule has 21 heavy (non-hydrogen) atoms. The van der Waals surface area contributed by atoms with Crippen molar-refractivity contribution >= 4 is 32.7 Å². The zero-order valence-electron chi connectivity index (χ0n) is 12.3. The van der Waals surface area contributed by atoms with Crippen LogP contribution < -0.4 is 0 Å². The minimum Gasteiger partial charge on any atom is -0.349 e. The van der Waals surface area contributed by atoms with Gasteiger partial charge in [0.25, 0.3) is 0 Å². The lowest BCUT2D eigenvalue weighted by molar-refractivity contribution is -0.118. The second-order valence-electron chi connectivity index (χ2n) is 6.41. The van der Waals surface area contributed by atoms with Gasteiger partial charge in [-0.05, 0) is 18.8 Å². The number of fused-ring (bicyclic) bond motifs is 1. The molecule has 2 heterocycles. The Hall–Kier alpha value is -0.560. The standard InChI is InChI=1S/C14H22N2O3S2/c1-16-11-8-21(18,19)9-12(11)20-14(16)15-13(17)7-10-5-3-2-4-6-10/h10-12H,2-9H2,1H3/t11-,12+/m1/s1. The summed E-state index contributed by atoms with van der Waals surface area (Å²) in [6, 6.07) is -0.0127. The van der Waals surface area contributed by atoms with Crippen molar-refractivity contribution in [2.45, 2.75) is 49.8 Å². The number of aliphatic imine (C=N–C) groups is 1. The lowest BCUT2D eigenvalue weighted by atomic mass is 9.87. The summed E-state index contributed by atoms with van der Waals surface area (Å²) in [6.07, 6.45) is 6.57. The fourth-order valence-electron chi connectivity index (χ4n) is 3.53. The zero-order chi connectivity index (χ0) is 15.0. The minimum absolute atomic E-state index is 0.0127. The highest BCUT2D eigenvalue weighted by atomic mass is 32.2. The molecule has 3 fully saturated rings. The van der Waals surface area contributed by atoms with Gasteiger partial charge < -0.3 is 4.90 Å². The molecule has 118 valence electrons. The molecule has 3 rings (SSSR count). The summed E-state index contributed by atoms with van der Waals surface area (Å²) in [7, 11) is -1.06. The molecule has 0 bridgehead atoms. The summed E-state index contributed by atoms with van der Waals surface area (Å²) in [5, 5.41) is 0.752. The number of carbonyl (C=O) groups is 1. The Morgan fingerprint density at radius 1 is 1.29 bits per heavy atom. The van der Waals surface area contributed by atoms with Crippen LogP contribution in [-0.4, -0.2) is 54.2 Å². The SMILES string of the molecule is CN1C(=NC(=O)CC2CCCCC2)S[C@H]2CS(=O)(=O)C[C@H]21. The van der Waals surface area contributed by atoms with Crippen molar-refractivity contribution in [3.05, 3.63) is 0 Å². The van der Waals surface area contributed by atoms with Crippen LogP contribution in [0.5, 0.6) is 0 Å². The third-order valence-corrected chi connectivity index (χ3v) is 8.04. The van der Waals surface area contributed by atoms with Gasteiger partial charge in [-0.2, -0.15) is 4.99 Å². The predicted octanol–water partition coefficient (Wildman–Crippen LogP) is 1.68. The number of sulfone groups is 1. The molecule has 0 unspecified atom stereocenters. The maximum Gasteiger partial charge on any atom is 0.248 e. The first-order valence-corrected chi connectivity index (χ1v) is 10.4. The maximum atomic E-state index is 12.1. The van der Waals surface area contributed by atoms with Crippen molar-refractivity contribution in [2.24, 2.45) is 10.9 Å². The molecule has 3 aliphatic rings. The van der Waals surface area contributed by atoms with Crippen LogP contribution in [0.3, 0.4) is 0 Å². The van der Waals surface area contributed by atoms with Crippen molar-refractivity contribution in [1.29, 1.82) is 0 Å². The Balaban J connectivity index is 1.61. The van der Waals surface area contributed by atoms with Crippen LogP contribution in [0.15, 0.2) is 4.99 Å². The summed E-state index contributed by atoms with van der Waals surface area (Å²) in [5.74, 6) is 0.853. The van der Waals surface area contributed by atoms with Gasteiger partial charge in [-0.1, -0.05) is 31.0 Å². The van der Waals surface area contributed by atoms with Gasteiger partial charge in [0, 0.05) is 18.7 Å². The summed E-state index contributed by atoms with van der Waals surface area (Å²) < 4.78 is 23.3. The molecule has 0 N–H and O–H groups in total. The van der Waals surface area contributed by atoms with Gasteiger partial charge in [0.05, 0.1) is 17.5 Å². The third kappa shape index (κ3) is 3.44. The molecule has 7 heteroatoms. The van der Waals surface area contributed by atoms with Crippen LogP contribution in [0.1, 0.15) is 38.5 Å². The molecular formula is C14H22N2O3S2. The summed E-state index contributed by atoms with van der Waals surface area (Å²) in [5.41, 5.74) is 0. The van der Waals surface area contributed by atoms with Crippen molar-refractivity contribution < 1.29 is 13.2 Å².